The van der Waals surface area contributed by atoms with Gasteiger partial charge in [-0.3, -0.25) is 0 Å². The molecule has 0 aromatic rings. The van der Waals surface area contributed by atoms with E-state index in [4.69, 9.17) is 0 Å². The molecule has 6 heteroatoms. The Morgan fingerprint density at radius 2 is 2.00 bits per heavy atom. The number of rotatable bonds is 8. The molecule has 4 nitrogen and oxygen atoms in total. The maximum atomic E-state index is 9.74. The second-order valence-corrected chi connectivity index (χ2v) is 5.59. The third-order valence-corrected chi connectivity index (χ3v) is 3.63. The first kappa shape index (κ1) is 12.9. The summed E-state index contributed by atoms with van der Waals surface area (Å²) in [6.45, 7) is 4.55. The summed E-state index contributed by atoms with van der Waals surface area (Å²) in [6, 6.07) is 0. The summed E-state index contributed by atoms with van der Waals surface area (Å²) in [4.78, 5) is 13.9. The minimum atomic E-state index is -0.751. The molecule has 0 spiro atoms. The fourth-order valence-electron chi connectivity index (χ4n) is 0.547. The van der Waals surface area contributed by atoms with Crippen LogP contribution in [0.3, 0.4) is 0 Å². The van der Waals surface area contributed by atoms with Gasteiger partial charge in [0, 0.05) is 11.5 Å². The van der Waals surface area contributed by atoms with Crippen LogP contribution in [0.1, 0.15) is 20.3 Å². The van der Waals surface area contributed by atoms with Gasteiger partial charge in [0.25, 0.3) is 5.09 Å². The lowest BCUT2D eigenvalue weighted by molar-refractivity contribution is -0.756. The zero-order chi connectivity index (χ0) is 10.1. The van der Waals surface area contributed by atoms with Crippen LogP contribution in [-0.4, -0.2) is 23.2 Å². The second kappa shape index (κ2) is 8.50. The minimum Gasteiger partial charge on any atom is -0.313 e. The van der Waals surface area contributed by atoms with Crippen LogP contribution in [0.2, 0.25) is 0 Å². The predicted octanol–water partition coefficient (Wildman–Crippen LogP) is 2.62. The Kier molecular flexibility index (Phi) is 8.43. The predicted molar refractivity (Wildman–Crippen MR) is 57.3 cm³/mol. The highest BCUT2D eigenvalue weighted by Gasteiger charge is 1.96. The maximum Gasteiger partial charge on any atom is 0.294 e. The molecule has 0 bridgehead atoms. The number of hydrogen-bond acceptors (Lipinski definition) is 5. The summed E-state index contributed by atoms with van der Waals surface area (Å²) < 4.78 is 0. The average Bonchev–Trinajstić information content (AvgIpc) is 2.01. The Morgan fingerprint density at radius 3 is 2.54 bits per heavy atom. The SMILES string of the molecule is CC(C)CCSSCCO[N+](=O)[O-]. The number of nitrogens with zero attached hydrogens (tertiary/aromatic N) is 1. The fourth-order valence-corrected chi connectivity index (χ4v) is 2.69. The first-order valence-corrected chi connectivity index (χ1v) is 6.63. The molecule has 0 heterocycles. The van der Waals surface area contributed by atoms with Gasteiger partial charge in [-0.15, -0.1) is 10.1 Å². The first-order chi connectivity index (χ1) is 6.13. The lowest BCUT2D eigenvalue weighted by atomic mass is 10.2. The minimum absolute atomic E-state index is 0.187. The lowest BCUT2D eigenvalue weighted by Gasteiger charge is -2.02. The Balaban J connectivity index is 2.96. The van der Waals surface area contributed by atoms with Crippen molar-refractivity contribution in [3.05, 3.63) is 10.1 Å². The molecule has 0 atom stereocenters. The van der Waals surface area contributed by atoms with Crippen molar-refractivity contribution in [1.29, 1.82) is 0 Å². The van der Waals surface area contributed by atoms with E-state index in [-0.39, 0.29) is 6.61 Å². The van der Waals surface area contributed by atoms with E-state index in [0.717, 1.165) is 11.7 Å². The molecule has 0 unspecified atom stereocenters. The third-order valence-electron chi connectivity index (χ3n) is 1.23. The maximum absolute atomic E-state index is 9.74. The smallest absolute Gasteiger partial charge is 0.294 e. The van der Waals surface area contributed by atoms with Crippen molar-refractivity contribution in [2.75, 3.05) is 18.1 Å². The summed E-state index contributed by atoms with van der Waals surface area (Å²) >= 11 is 0. The monoisotopic (exact) mass is 225 g/mol. The Bertz CT molecular complexity index is 144. The van der Waals surface area contributed by atoms with Gasteiger partial charge in [0.1, 0.15) is 6.61 Å². The topological polar surface area (TPSA) is 52.4 Å². The van der Waals surface area contributed by atoms with Crippen molar-refractivity contribution in [3.63, 3.8) is 0 Å². The highest BCUT2D eigenvalue weighted by molar-refractivity contribution is 8.76. The average molecular weight is 225 g/mol. The lowest BCUT2D eigenvalue weighted by Crippen LogP contribution is -2.03. The van der Waals surface area contributed by atoms with Gasteiger partial charge in [-0.1, -0.05) is 35.4 Å². The van der Waals surface area contributed by atoms with Crippen molar-refractivity contribution < 1.29 is 9.92 Å². The normalized spacial score (nSPS) is 10.4. The Hall–Kier alpha value is -0.100. The molecule has 0 aliphatic rings. The van der Waals surface area contributed by atoms with Crippen LogP contribution in [0, 0.1) is 16.0 Å². The summed E-state index contributed by atoms with van der Waals surface area (Å²) in [5.41, 5.74) is 0. The van der Waals surface area contributed by atoms with Crippen molar-refractivity contribution in [1.82, 2.24) is 0 Å². The van der Waals surface area contributed by atoms with E-state index in [1.54, 1.807) is 21.6 Å². The molecule has 0 aliphatic heterocycles. The van der Waals surface area contributed by atoms with Crippen molar-refractivity contribution in [3.8, 4) is 0 Å². The molecule has 13 heavy (non-hydrogen) atoms. The molecule has 0 aliphatic carbocycles. The van der Waals surface area contributed by atoms with Gasteiger partial charge >= 0.3 is 0 Å². The van der Waals surface area contributed by atoms with Gasteiger partial charge < -0.3 is 4.84 Å². The van der Waals surface area contributed by atoms with Crippen LogP contribution < -0.4 is 0 Å². The summed E-state index contributed by atoms with van der Waals surface area (Å²) in [5, 5.41) is 8.99. The molecule has 0 rings (SSSR count). The van der Waals surface area contributed by atoms with Crippen LogP contribution in [0.25, 0.3) is 0 Å². The quantitative estimate of drug-likeness (QED) is 0.275. The molecule has 78 valence electrons. The molecule has 0 saturated carbocycles. The van der Waals surface area contributed by atoms with Gasteiger partial charge in [-0.25, -0.2) is 0 Å². The van der Waals surface area contributed by atoms with Gasteiger partial charge in [0.15, 0.2) is 0 Å². The number of hydrogen-bond donors (Lipinski definition) is 0. The van der Waals surface area contributed by atoms with Crippen LogP contribution >= 0.6 is 21.6 Å². The molecule has 0 fully saturated rings. The van der Waals surface area contributed by atoms with E-state index in [1.165, 1.54) is 6.42 Å². The van der Waals surface area contributed by atoms with Crippen LogP contribution in [0.5, 0.6) is 0 Å². The zero-order valence-electron chi connectivity index (χ0n) is 7.89. The van der Waals surface area contributed by atoms with Gasteiger partial charge in [-0.05, 0) is 12.3 Å². The second-order valence-electron chi connectivity index (χ2n) is 2.88. The third kappa shape index (κ3) is 11.9. The Morgan fingerprint density at radius 1 is 1.38 bits per heavy atom. The van der Waals surface area contributed by atoms with Crippen molar-refractivity contribution in [2.24, 2.45) is 5.92 Å². The van der Waals surface area contributed by atoms with E-state index in [9.17, 15) is 10.1 Å². The molecule has 0 amide bonds. The summed E-state index contributed by atoms with van der Waals surface area (Å²) in [5.74, 6) is 2.49. The largest absolute Gasteiger partial charge is 0.313 e. The fraction of sp³-hybridized carbons (Fsp3) is 1.00. The van der Waals surface area contributed by atoms with E-state index < -0.39 is 5.09 Å². The standard InChI is InChI=1S/C7H15NO3S2/c1-7(2)3-5-12-13-6-4-11-8(9)10/h7H,3-6H2,1-2H3. The molecule has 0 N–H and O–H groups in total. The van der Waals surface area contributed by atoms with E-state index >= 15 is 0 Å². The van der Waals surface area contributed by atoms with Crippen LogP contribution in [-0.2, 0) is 4.84 Å². The van der Waals surface area contributed by atoms with E-state index in [0.29, 0.717) is 5.75 Å². The highest BCUT2D eigenvalue weighted by atomic mass is 33.1. The van der Waals surface area contributed by atoms with E-state index in [1.807, 2.05) is 0 Å². The Labute approximate surface area is 86.3 Å². The molecule has 0 radical (unpaired) electrons. The highest BCUT2D eigenvalue weighted by Crippen LogP contribution is 2.22. The molecule has 0 aromatic carbocycles. The first-order valence-electron chi connectivity index (χ1n) is 4.14. The van der Waals surface area contributed by atoms with Gasteiger partial charge in [-0.2, -0.15) is 0 Å². The van der Waals surface area contributed by atoms with Gasteiger partial charge in [0.05, 0.1) is 0 Å². The molecular formula is C7H15NO3S2. The summed E-state index contributed by atoms with van der Waals surface area (Å²) in [7, 11) is 3.37. The van der Waals surface area contributed by atoms with Crippen molar-refractivity contribution in [2.45, 2.75) is 20.3 Å². The van der Waals surface area contributed by atoms with Crippen molar-refractivity contribution >= 4 is 21.6 Å². The van der Waals surface area contributed by atoms with Crippen LogP contribution in [0.15, 0.2) is 0 Å². The van der Waals surface area contributed by atoms with Crippen LogP contribution in [0.4, 0.5) is 0 Å². The summed E-state index contributed by atoms with van der Waals surface area (Å²) in [6.07, 6.45) is 1.19. The van der Waals surface area contributed by atoms with Gasteiger partial charge in [0.2, 0.25) is 0 Å². The molecule has 0 aromatic heterocycles. The van der Waals surface area contributed by atoms with E-state index in [2.05, 4.69) is 18.7 Å². The molecular weight excluding hydrogens is 210 g/mol. The zero-order valence-corrected chi connectivity index (χ0v) is 9.53. The molecule has 0 saturated heterocycles.